The second-order valence-corrected chi connectivity index (χ2v) is 6.93. The maximum atomic E-state index is 5.53. The van der Waals surface area contributed by atoms with Gasteiger partial charge in [0.15, 0.2) is 0 Å². The van der Waals surface area contributed by atoms with E-state index in [1.54, 1.807) is 0 Å². The fourth-order valence-corrected chi connectivity index (χ4v) is 2.67. The third-order valence-electron chi connectivity index (χ3n) is 4.31. The Balaban J connectivity index is 2.66. The summed E-state index contributed by atoms with van der Waals surface area (Å²) in [6.07, 6.45) is 5.08. The fraction of sp³-hybridized carbons (Fsp3) is 0.684. The summed E-state index contributed by atoms with van der Waals surface area (Å²) >= 11 is 0. The van der Waals surface area contributed by atoms with Gasteiger partial charge in [-0.15, -0.1) is 0 Å². The van der Waals surface area contributed by atoms with Gasteiger partial charge in [-0.25, -0.2) is 0 Å². The highest BCUT2D eigenvalue weighted by atomic mass is 16.5. The number of hydrogen-bond acceptors (Lipinski definition) is 1. The zero-order valence-corrected chi connectivity index (χ0v) is 14.2. The van der Waals surface area contributed by atoms with Gasteiger partial charge in [0.05, 0.1) is 6.10 Å². The number of methoxy groups -OCH3 is 1. The smallest absolute Gasteiger partial charge is 0.0571 e. The molecule has 0 fully saturated rings. The molecule has 2 unspecified atom stereocenters. The molecule has 1 heteroatoms. The summed E-state index contributed by atoms with van der Waals surface area (Å²) in [4.78, 5) is 0. The van der Waals surface area contributed by atoms with Crippen molar-refractivity contribution < 1.29 is 4.74 Å². The monoisotopic (exact) mass is 276 g/mol. The minimum atomic E-state index is 0.242. The molecule has 0 saturated heterocycles. The van der Waals surface area contributed by atoms with Crippen LogP contribution in [-0.2, 0) is 16.6 Å². The lowest BCUT2D eigenvalue weighted by Gasteiger charge is -2.22. The van der Waals surface area contributed by atoms with E-state index in [4.69, 9.17) is 4.74 Å². The largest absolute Gasteiger partial charge is 0.381 e. The maximum absolute atomic E-state index is 5.53. The normalized spacial score (nSPS) is 15.1. The van der Waals surface area contributed by atoms with Crippen LogP contribution in [-0.4, -0.2) is 13.2 Å². The zero-order valence-electron chi connectivity index (χ0n) is 14.2. The number of benzene rings is 1. The van der Waals surface area contributed by atoms with E-state index in [1.165, 1.54) is 30.4 Å². The van der Waals surface area contributed by atoms with Crippen molar-refractivity contribution in [3.05, 3.63) is 35.4 Å². The summed E-state index contributed by atoms with van der Waals surface area (Å²) in [5.41, 5.74) is 3.11. The Morgan fingerprint density at radius 3 is 2.00 bits per heavy atom. The molecule has 114 valence electrons. The molecule has 0 N–H and O–H groups in total. The molecule has 0 aliphatic carbocycles. The SMILES string of the molecule is CCC(Cc1ccc(C(C)(C)C)cc1)CC(CC)OC. The van der Waals surface area contributed by atoms with Gasteiger partial charge in [0.2, 0.25) is 0 Å². The van der Waals surface area contributed by atoms with Crippen molar-refractivity contribution in [1.82, 2.24) is 0 Å². The van der Waals surface area contributed by atoms with E-state index < -0.39 is 0 Å². The molecule has 2 atom stereocenters. The topological polar surface area (TPSA) is 9.23 Å². The first-order valence-electron chi connectivity index (χ1n) is 8.02. The second-order valence-electron chi connectivity index (χ2n) is 6.93. The Labute approximate surface area is 125 Å². The van der Waals surface area contributed by atoms with Gasteiger partial charge in [-0.05, 0) is 41.7 Å². The van der Waals surface area contributed by atoms with Crippen molar-refractivity contribution >= 4 is 0 Å². The molecule has 0 radical (unpaired) electrons. The Bertz CT molecular complexity index is 368. The van der Waals surface area contributed by atoms with Crippen LogP contribution in [0.2, 0.25) is 0 Å². The summed E-state index contributed by atoms with van der Waals surface area (Å²) in [5.74, 6) is 0.723. The fourth-order valence-electron chi connectivity index (χ4n) is 2.67. The molecular weight excluding hydrogens is 244 g/mol. The van der Waals surface area contributed by atoms with E-state index in [2.05, 4.69) is 58.9 Å². The first-order valence-corrected chi connectivity index (χ1v) is 8.02. The summed E-state index contributed by atoms with van der Waals surface area (Å²) in [7, 11) is 1.83. The molecule has 0 aromatic heterocycles. The van der Waals surface area contributed by atoms with Crippen molar-refractivity contribution in [2.75, 3.05) is 7.11 Å². The number of hydrogen-bond donors (Lipinski definition) is 0. The standard InChI is InChI=1S/C19H32O/c1-7-15(14-18(8-2)20-6)13-16-9-11-17(12-10-16)19(3,4)5/h9-12,15,18H,7-8,13-14H2,1-6H3. The molecule has 1 aromatic rings. The predicted octanol–water partition coefficient (Wildman–Crippen LogP) is 5.37. The molecule has 1 rings (SSSR count). The molecule has 20 heavy (non-hydrogen) atoms. The average molecular weight is 276 g/mol. The first-order chi connectivity index (χ1) is 9.40. The van der Waals surface area contributed by atoms with Gasteiger partial charge in [-0.2, -0.15) is 0 Å². The van der Waals surface area contributed by atoms with Gasteiger partial charge < -0.3 is 4.74 Å². The second kappa shape index (κ2) is 7.83. The highest BCUT2D eigenvalue weighted by molar-refractivity contribution is 5.27. The highest BCUT2D eigenvalue weighted by Gasteiger charge is 2.16. The Hall–Kier alpha value is -0.820. The zero-order chi connectivity index (χ0) is 15.2. The van der Waals surface area contributed by atoms with Gasteiger partial charge >= 0.3 is 0 Å². The molecule has 0 aliphatic heterocycles. The van der Waals surface area contributed by atoms with Crippen molar-refractivity contribution in [3.8, 4) is 0 Å². The van der Waals surface area contributed by atoms with Crippen LogP contribution in [0.5, 0.6) is 0 Å². The van der Waals surface area contributed by atoms with E-state index in [0.29, 0.717) is 6.10 Å². The van der Waals surface area contributed by atoms with Crippen LogP contribution in [0.3, 0.4) is 0 Å². The van der Waals surface area contributed by atoms with Gasteiger partial charge in [-0.1, -0.05) is 65.3 Å². The van der Waals surface area contributed by atoms with E-state index in [-0.39, 0.29) is 5.41 Å². The molecular formula is C19H32O. The Kier molecular flexibility index (Phi) is 6.75. The molecule has 1 aromatic carbocycles. The van der Waals surface area contributed by atoms with Crippen molar-refractivity contribution in [2.24, 2.45) is 5.92 Å². The molecule has 0 spiro atoms. The van der Waals surface area contributed by atoms with Crippen LogP contribution >= 0.6 is 0 Å². The predicted molar refractivity (Wildman–Crippen MR) is 88.3 cm³/mol. The van der Waals surface area contributed by atoms with Gasteiger partial charge in [0.25, 0.3) is 0 Å². The van der Waals surface area contributed by atoms with E-state index in [0.717, 1.165) is 12.3 Å². The quantitative estimate of drug-likeness (QED) is 0.650. The molecule has 0 aliphatic rings. The van der Waals surface area contributed by atoms with E-state index >= 15 is 0 Å². The Morgan fingerprint density at radius 2 is 1.60 bits per heavy atom. The minimum Gasteiger partial charge on any atom is -0.381 e. The highest BCUT2D eigenvalue weighted by Crippen LogP contribution is 2.24. The van der Waals surface area contributed by atoms with Gasteiger partial charge in [-0.3, -0.25) is 0 Å². The Morgan fingerprint density at radius 1 is 1.00 bits per heavy atom. The maximum Gasteiger partial charge on any atom is 0.0571 e. The van der Waals surface area contributed by atoms with Crippen molar-refractivity contribution in [3.63, 3.8) is 0 Å². The lowest BCUT2D eigenvalue weighted by molar-refractivity contribution is 0.0763. The third kappa shape index (κ3) is 5.28. The van der Waals surface area contributed by atoms with Crippen LogP contribution in [0.1, 0.15) is 65.0 Å². The lowest BCUT2D eigenvalue weighted by atomic mass is 9.85. The van der Waals surface area contributed by atoms with Crippen LogP contribution < -0.4 is 0 Å². The van der Waals surface area contributed by atoms with E-state index in [9.17, 15) is 0 Å². The molecule has 0 bridgehead atoms. The minimum absolute atomic E-state index is 0.242. The summed E-state index contributed by atoms with van der Waals surface area (Å²) in [5, 5.41) is 0. The number of ether oxygens (including phenoxy) is 1. The molecule has 0 saturated carbocycles. The lowest BCUT2D eigenvalue weighted by Crippen LogP contribution is -2.17. The molecule has 0 heterocycles. The van der Waals surface area contributed by atoms with E-state index in [1.807, 2.05) is 7.11 Å². The summed E-state index contributed by atoms with van der Waals surface area (Å²) in [6, 6.07) is 9.18. The summed E-state index contributed by atoms with van der Waals surface area (Å²) < 4.78 is 5.53. The molecule has 0 amide bonds. The van der Waals surface area contributed by atoms with Crippen LogP contribution in [0.4, 0.5) is 0 Å². The van der Waals surface area contributed by atoms with Gasteiger partial charge in [0, 0.05) is 7.11 Å². The average Bonchev–Trinajstić information content (AvgIpc) is 2.43. The van der Waals surface area contributed by atoms with Crippen LogP contribution in [0.25, 0.3) is 0 Å². The summed E-state index contributed by atoms with van der Waals surface area (Å²) in [6.45, 7) is 11.3. The van der Waals surface area contributed by atoms with Crippen molar-refractivity contribution in [1.29, 1.82) is 0 Å². The molecule has 1 nitrogen and oxygen atoms in total. The third-order valence-corrected chi connectivity index (χ3v) is 4.31. The van der Waals surface area contributed by atoms with Crippen molar-refractivity contribution in [2.45, 2.75) is 71.8 Å². The van der Waals surface area contributed by atoms with Crippen LogP contribution in [0.15, 0.2) is 24.3 Å². The number of rotatable bonds is 7. The first kappa shape index (κ1) is 17.2. The van der Waals surface area contributed by atoms with Crippen LogP contribution in [0, 0.1) is 5.92 Å². The van der Waals surface area contributed by atoms with Gasteiger partial charge in [0.1, 0.15) is 0 Å².